The van der Waals surface area contributed by atoms with Gasteiger partial charge in [0.2, 0.25) is 5.91 Å². The van der Waals surface area contributed by atoms with Crippen molar-refractivity contribution < 1.29 is 26.7 Å². The van der Waals surface area contributed by atoms with Gasteiger partial charge in [-0.3, -0.25) is 4.79 Å². The molecule has 0 aliphatic rings. The Kier molecular flexibility index (Phi) is 7.61. The highest BCUT2D eigenvalue weighted by molar-refractivity contribution is 7.99. The molecule has 27 heavy (non-hydrogen) atoms. The number of rotatable bonds is 9. The molecule has 146 valence electrons. The summed E-state index contributed by atoms with van der Waals surface area (Å²) in [6.07, 6.45) is 1.83. The van der Waals surface area contributed by atoms with E-state index in [0.717, 1.165) is 6.26 Å². The number of nitrogens with one attached hydrogen (secondary N) is 1. The van der Waals surface area contributed by atoms with Crippen LogP contribution in [0.1, 0.15) is 12.8 Å². The Morgan fingerprint density at radius 3 is 2.30 bits per heavy atom. The topological polar surface area (TPSA) is 72.5 Å². The minimum atomic E-state index is -3.24. The molecule has 0 fully saturated rings. The highest BCUT2D eigenvalue weighted by Gasteiger charge is 2.08. The van der Waals surface area contributed by atoms with Gasteiger partial charge in [-0.25, -0.2) is 8.42 Å². The lowest BCUT2D eigenvalue weighted by atomic mass is 10.2. The first-order chi connectivity index (χ1) is 12.7. The molecule has 5 nitrogen and oxygen atoms in total. The highest BCUT2D eigenvalue weighted by Crippen LogP contribution is 2.26. The number of carbonyl (C=O) groups is 1. The molecule has 9 heteroatoms. The van der Waals surface area contributed by atoms with Gasteiger partial charge in [0.05, 0.1) is 11.5 Å². The van der Waals surface area contributed by atoms with Gasteiger partial charge in [0.25, 0.3) is 5.76 Å². The van der Waals surface area contributed by atoms with E-state index in [4.69, 9.17) is 4.74 Å². The Bertz CT molecular complexity index is 854. The largest absolute Gasteiger partial charge is 0.494 e. The summed E-state index contributed by atoms with van der Waals surface area (Å²) in [6, 6.07) is 12.3. The molecule has 0 bridgehead atoms. The molecule has 2 aromatic rings. The van der Waals surface area contributed by atoms with E-state index >= 15 is 0 Å². The van der Waals surface area contributed by atoms with E-state index in [0.29, 0.717) is 41.1 Å². The quantitative estimate of drug-likeness (QED) is 0.491. The molecule has 2 aromatic carbocycles. The van der Waals surface area contributed by atoms with E-state index in [1.807, 2.05) is 0 Å². The second kappa shape index (κ2) is 9.70. The number of hydrogen-bond acceptors (Lipinski definition) is 5. The first kappa shape index (κ1) is 21.2. The average molecular weight is 415 g/mol. The number of thioether (sulfide) groups is 1. The van der Waals surface area contributed by atoms with Crippen LogP contribution in [0.3, 0.4) is 0 Å². The summed E-state index contributed by atoms with van der Waals surface area (Å²) in [4.78, 5) is 12.5. The van der Waals surface area contributed by atoms with Crippen molar-refractivity contribution in [1.82, 2.24) is 0 Å². The van der Waals surface area contributed by atoms with Crippen LogP contribution in [-0.4, -0.2) is 32.9 Å². The lowest BCUT2D eigenvalue weighted by molar-refractivity contribution is -0.116. The number of amides is 1. The van der Waals surface area contributed by atoms with Gasteiger partial charge in [-0.05, 0) is 55.0 Å². The minimum absolute atomic E-state index is 0.208. The van der Waals surface area contributed by atoms with Crippen LogP contribution in [0.2, 0.25) is 0 Å². The number of sulfone groups is 1. The van der Waals surface area contributed by atoms with Crippen LogP contribution in [0, 0.1) is 0 Å². The number of hydrogen-bond donors (Lipinski definition) is 1. The van der Waals surface area contributed by atoms with Crippen molar-refractivity contribution >= 4 is 33.2 Å². The molecule has 1 amide bonds. The van der Waals surface area contributed by atoms with Crippen molar-refractivity contribution in [2.45, 2.75) is 28.4 Å². The van der Waals surface area contributed by atoms with Gasteiger partial charge >= 0.3 is 0 Å². The normalized spacial score (nSPS) is 11.4. The van der Waals surface area contributed by atoms with Crippen LogP contribution in [0.15, 0.2) is 58.3 Å². The highest BCUT2D eigenvalue weighted by atomic mass is 32.2. The van der Waals surface area contributed by atoms with E-state index in [2.05, 4.69) is 5.32 Å². The number of alkyl halides is 2. The van der Waals surface area contributed by atoms with Crippen LogP contribution in [0.4, 0.5) is 14.5 Å². The second-order valence-electron chi connectivity index (χ2n) is 5.65. The lowest BCUT2D eigenvalue weighted by Crippen LogP contribution is -2.12. The molecular formula is C18H19F2NO4S2. The van der Waals surface area contributed by atoms with Gasteiger partial charge in [-0.1, -0.05) is 11.8 Å². The molecule has 0 atom stereocenters. The molecule has 0 saturated heterocycles. The van der Waals surface area contributed by atoms with E-state index in [1.54, 1.807) is 24.3 Å². The number of benzene rings is 2. The molecule has 0 heterocycles. The van der Waals surface area contributed by atoms with Crippen LogP contribution >= 0.6 is 11.8 Å². The van der Waals surface area contributed by atoms with E-state index in [9.17, 15) is 22.0 Å². The predicted octanol–water partition coefficient (Wildman–Crippen LogP) is 4.20. The predicted molar refractivity (Wildman–Crippen MR) is 101 cm³/mol. The zero-order valence-corrected chi connectivity index (χ0v) is 16.2. The summed E-state index contributed by atoms with van der Waals surface area (Å²) in [6.45, 7) is 0.301. The van der Waals surface area contributed by atoms with E-state index in [-0.39, 0.29) is 17.2 Å². The molecule has 0 aromatic heterocycles. The zero-order valence-electron chi connectivity index (χ0n) is 14.5. The Morgan fingerprint density at radius 2 is 1.74 bits per heavy atom. The fourth-order valence-electron chi connectivity index (χ4n) is 2.15. The fourth-order valence-corrected chi connectivity index (χ4v) is 3.28. The van der Waals surface area contributed by atoms with Crippen LogP contribution in [0.5, 0.6) is 5.75 Å². The standard InChI is InChI=1S/C18H19F2NO4S2/c1-27(23,24)16-10-6-14(7-11-16)25-12-2-3-17(22)21-13-4-8-15(9-5-13)26-18(19)20/h4-11,18H,2-3,12H2,1H3,(H,21,22). The van der Waals surface area contributed by atoms with E-state index < -0.39 is 15.6 Å². The molecule has 1 N–H and O–H groups in total. The van der Waals surface area contributed by atoms with Crippen LogP contribution in [-0.2, 0) is 14.6 Å². The smallest absolute Gasteiger partial charge is 0.288 e. The second-order valence-corrected chi connectivity index (χ2v) is 8.73. The third-order valence-corrected chi connectivity index (χ3v) is 5.28. The summed E-state index contributed by atoms with van der Waals surface area (Å²) < 4.78 is 52.7. The van der Waals surface area contributed by atoms with E-state index in [1.165, 1.54) is 24.3 Å². The SMILES string of the molecule is CS(=O)(=O)c1ccc(OCCCC(=O)Nc2ccc(SC(F)F)cc2)cc1. The number of carbonyl (C=O) groups excluding carboxylic acids is 1. The molecule has 0 saturated carbocycles. The van der Waals surface area contributed by atoms with Crippen molar-refractivity contribution in [3.8, 4) is 5.75 Å². The maximum Gasteiger partial charge on any atom is 0.288 e. The molecule has 0 aliphatic carbocycles. The summed E-state index contributed by atoms with van der Waals surface area (Å²) in [7, 11) is -3.24. The lowest BCUT2D eigenvalue weighted by Gasteiger charge is -2.08. The molecular weight excluding hydrogens is 396 g/mol. The summed E-state index contributed by atoms with van der Waals surface area (Å²) in [5, 5.41) is 2.69. The van der Waals surface area contributed by atoms with Gasteiger partial charge in [-0.15, -0.1) is 0 Å². The first-order valence-corrected chi connectivity index (χ1v) is 10.8. The number of ether oxygens (including phenoxy) is 1. The van der Waals surface area contributed by atoms with Crippen LogP contribution in [0.25, 0.3) is 0 Å². The summed E-state index contributed by atoms with van der Waals surface area (Å²) in [5.74, 6) is -2.16. The third kappa shape index (κ3) is 7.56. The van der Waals surface area contributed by atoms with Gasteiger partial charge in [0.1, 0.15) is 5.75 Å². The molecule has 2 rings (SSSR count). The monoisotopic (exact) mass is 415 g/mol. The zero-order chi connectivity index (χ0) is 19.9. The van der Waals surface area contributed by atoms with Gasteiger partial charge < -0.3 is 10.1 Å². The van der Waals surface area contributed by atoms with Crippen molar-refractivity contribution in [2.75, 3.05) is 18.2 Å². The minimum Gasteiger partial charge on any atom is -0.494 e. The van der Waals surface area contributed by atoms with Crippen molar-refractivity contribution in [2.24, 2.45) is 0 Å². The van der Waals surface area contributed by atoms with Crippen molar-refractivity contribution in [1.29, 1.82) is 0 Å². The molecule has 0 spiro atoms. The Hall–Kier alpha value is -2.13. The van der Waals surface area contributed by atoms with Gasteiger partial charge in [-0.2, -0.15) is 8.78 Å². The average Bonchev–Trinajstić information content (AvgIpc) is 2.60. The van der Waals surface area contributed by atoms with Gasteiger partial charge in [0.15, 0.2) is 9.84 Å². The Balaban J connectivity index is 1.71. The van der Waals surface area contributed by atoms with Crippen molar-refractivity contribution in [3.05, 3.63) is 48.5 Å². The summed E-state index contributed by atoms with van der Waals surface area (Å²) >= 11 is 0.447. The number of halogens is 2. The van der Waals surface area contributed by atoms with Crippen molar-refractivity contribution in [3.63, 3.8) is 0 Å². The van der Waals surface area contributed by atoms with Crippen LogP contribution < -0.4 is 10.1 Å². The summed E-state index contributed by atoms with van der Waals surface area (Å²) in [5.41, 5.74) is 0.538. The maximum atomic E-state index is 12.3. The van der Waals surface area contributed by atoms with Gasteiger partial charge in [0, 0.05) is 23.3 Å². The number of anilines is 1. The molecule has 0 radical (unpaired) electrons. The maximum absolute atomic E-state index is 12.3. The molecule has 0 unspecified atom stereocenters. The Morgan fingerprint density at radius 1 is 1.11 bits per heavy atom. The first-order valence-electron chi connectivity index (χ1n) is 8.02. The fraction of sp³-hybridized carbons (Fsp3) is 0.278. The molecule has 0 aliphatic heterocycles. The Labute approximate surface area is 161 Å². The third-order valence-electron chi connectivity index (χ3n) is 3.43.